The molecule has 140 valence electrons. The zero-order valence-electron chi connectivity index (χ0n) is 14.4. The number of fused-ring (bicyclic) bond motifs is 1. The van der Waals surface area contributed by atoms with Crippen molar-refractivity contribution < 1.29 is 22.4 Å². The van der Waals surface area contributed by atoms with Crippen molar-refractivity contribution in [3.05, 3.63) is 59.2 Å². The average molecular weight is 389 g/mol. The lowest BCUT2D eigenvalue weighted by molar-refractivity contribution is 0.0789. The molecule has 0 spiro atoms. The van der Waals surface area contributed by atoms with E-state index in [9.17, 15) is 22.4 Å². The maximum Gasteiger partial charge on any atom is 0.268 e. The second-order valence-corrected chi connectivity index (χ2v) is 8.60. The molecule has 9 heteroatoms. The molecular formula is C18H16FN3O4S. The molecule has 1 saturated heterocycles. The zero-order valence-corrected chi connectivity index (χ0v) is 15.2. The molecule has 0 bridgehead atoms. The second-order valence-electron chi connectivity index (χ2n) is 6.66. The molecule has 2 aliphatic rings. The molecule has 1 unspecified atom stereocenters. The van der Waals surface area contributed by atoms with Crippen LogP contribution in [0, 0.1) is 5.82 Å². The van der Waals surface area contributed by atoms with E-state index in [1.54, 1.807) is 11.1 Å². The monoisotopic (exact) mass is 389 g/mol. The molecule has 27 heavy (non-hydrogen) atoms. The van der Waals surface area contributed by atoms with Gasteiger partial charge in [-0.15, -0.1) is 0 Å². The summed E-state index contributed by atoms with van der Waals surface area (Å²) in [6, 6.07) is 5.50. The molecule has 0 N–H and O–H groups in total. The lowest BCUT2D eigenvalue weighted by Crippen LogP contribution is -2.28. The molecule has 2 aliphatic heterocycles. The Morgan fingerprint density at radius 2 is 2.04 bits per heavy atom. The molecule has 1 aromatic carbocycles. The van der Waals surface area contributed by atoms with Gasteiger partial charge in [-0.3, -0.25) is 14.6 Å². The Kier molecular flexibility index (Phi) is 3.99. The van der Waals surface area contributed by atoms with Gasteiger partial charge in [0.2, 0.25) is 0 Å². The van der Waals surface area contributed by atoms with E-state index in [0.29, 0.717) is 23.8 Å². The highest BCUT2D eigenvalue weighted by Crippen LogP contribution is 2.32. The molecular weight excluding hydrogens is 373 g/mol. The molecule has 3 heterocycles. The van der Waals surface area contributed by atoms with Gasteiger partial charge in [-0.25, -0.2) is 17.1 Å². The number of halogens is 1. The first-order chi connectivity index (χ1) is 12.8. The fourth-order valence-corrected chi connectivity index (χ4v) is 4.84. The van der Waals surface area contributed by atoms with Crippen LogP contribution in [0.15, 0.2) is 41.6 Å². The first kappa shape index (κ1) is 17.6. The van der Waals surface area contributed by atoms with Crippen molar-refractivity contribution >= 4 is 21.8 Å². The molecule has 2 aromatic rings. The highest BCUT2D eigenvalue weighted by atomic mass is 32.2. The first-order valence-electron chi connectivity index (χ1n) is 8.36. The Balaban J connectivity index is 1.58. The van der Waals surface area contributed by atoms with Gasteiger partial charge < -0.3 is 4.90 Å². The van der Waals surface area contributed by atoms with E-state index in [4.69, 9.17) is 0 Å². The van der Waals surface area contributed by atoms with Gasteiger partial charge in [0.05, 0.1) is 11.8 Å². The number of carbonyl (C=O) groups is 2. The van der Waals surface area contributed by atoms with Gasteiger partial charge in [0.1, 0.15) is 10.7 Å². The highest BCUT2D eigenvalue weighted by molar-refractivity contribution is 7.90. The Morgan fingerprint density at radius 1 is 1.26 bits per heavy atom. The van der Waals surface area contributed by atoms with Gasteiger partial charge in [0.15, 0.2) is 0 Å². The molecule has 4 rings (SSSR count). The number of rotatable bonds is 2. The summed E-state index contributed by atoms with van der Waals surface area (Å²) in [7, 11) is -2.72. The van der Waals surface area contributed by atoms with Gasteiger partial charge in [-0.1, -0.05) is 0 Å². The predicted molar refractivity (Wildman–Crippen MR) is 93.2 cm³/mol. The van der Waals surface area contributed by atoms with Crippen LogP contribution in [-0.2, 0) is 10.0 Å². The van der Waals surface area contributed by atoms with Gasteiger partial charge in [-0.05, 0) is 36.2 Å². The van der Waals surface area contributed by atoms with Crippen molar-refractivity contribution in [3.63, 3.8) is 0 Å². The quantitative estimate of drug-likeness (QED) is 0.779. The molecule has 1 aromatic heterocycles. The highest BCUT2D eigenvalue weighted by Gasteiger charge is 2.39. The summed E-state index contributed by atoms with van der Waals surface area (Å²) >= 11 is 0. The van der Waals surface area contributed by atoms with Gasteiger partial charge in [0.25, 0.3) is 21.8 Å². The first-order valence-corrected chi connectivity index (χ1v) is 9.80. The fraction of sp³-hybridized carbons (Fsp3) is 0.278. The van der Waals surface area contributed by atoms with Crippen LogP contribution in [0.2, 0.25) is 0 Å². The summed E-state index contributed by atoms with van der Waals surface area (Å²) in [5.41, 5.74) is 1.01. The molecule has 7 nitrogen and oxygen atoms in total. The standard InChI is InChI=1S/C18H16FN3O4S/c1-21-18(24)15-3-2-11(7-16(15)27(21,25)26)17(23)22-5-4-12(10-22)13-6-14(19)9-20-8-13/h2-3,6-9,12H,4-5,10H2,1H3. The van der Waals surface area contributed by atoms with Crippen LogP contribution >= 0.6 is 0 Å². The summed E-state index contributed by atoms with van der Waals surface area (Å²) in [5, 5.41) is 0. The third-order valence-electron chi connectivity index (χ3n) is 5.06. The van der Waals surface area contributed by atoms with Crippen LogP contribution in [-0.4, -0.2) is 54.6 Å². The third-order valence-corrected chi connectivity index (χ3v) is 6.84. The van der Waals surface area contributed by atoms with E-state index < -0.39 is 21.7 Å². The summed E-state index contributed by atoms with van der Waals surface area (Å²) in [5.74, 6) is -1.37. The SMILES string of the molecule is CN1C(=O)c2ccc(C(=O)N3CCC(c4cncc(F)c4)C3)cc2S1(=O)=O. The molecule has 0 saturated carbocycles. The number of carbonyl (C=O) groups excluding carboxylic acids is 2. The average Bonchev–Trinajstić information content (AvgIpc) is 3.21. The lowest BCUT2D eigenvalue weighted by Gasteiger charge is -2.17. The minimum Gasteiger partial charge on any atom is -0.338 e. The molecule has 1 fully saturated rings. The lowest BCUT2D eigenvalue weighted by atomic mass is 10.0. The number of amides is 2. The van der Waals surface area contributed by atoms with Crippen LogP contribution < -0.4 is 0 Å². The van der Waals surface area contributed by atoms with E-state index in [0.717, 1.165) is 11.8 Å². The van der Waals surface area contributed by atoms with E-state index in [2.05, 4.69) is 4.98 Å². The fourth-order valence-electron chi connectivity index (χ4n) is 3.52. The number of sulfonamides is 1. The molecule has 2 amide bonds. The molecule has 1 atom stereocenters. The maximum atomic E-state index is 13.4. The van der Waals surface area contributed by atoms with Crippen molar-refractivity contribution in [2.45, 2.75) is 17.2 Å². The number of benzene rings is 1. The van der Waals surface area contributed by atoms with Gasteiger partial charge in [0, 0.05) is 37.8 Å². The van der Waals surface area contributed by atoms with E-state index in [1.807, 2.05) is 0 Å². The Labute approximate surface area is 155 Å². The second kappa shape index (κ2) is 6.12. The van der Waals surface area contributed by atoms with Crippen LogP contribution in [0.4, 0.5) is 4.39 Å². The minimum atomic E-state index is -3.91. The number of hydrogen-bond donors (Lipinski definition) is 0. The van der Waals surface area contributed by atoms with Crippen LogP contribution in [0.5, 0.6) is 0 Å². The largest absolute Gasteiger partial charge is 0.338 e. The van der Waals surface area contributed by atoms with E-state index >= 15 is 0 Å². The smallest absolute Gasteiger partial charge is 0.268 e. The summed E-state index contributed by atoms with van der Waals surface area (Å²) in [4.78, 5) is 30.1. The van der Waals surface area contributed by atoms with Crippen molar-refractivity contribution in [1.82, 2.24) is 14.2 Å². The van der Waals surface area contributed by atoms with Crippen molar-refractivity contribution in [3.8, 4) is 0 Å². The normalized spacial score (nSPS) is 20.8. The third kappa shape index (κ3) is 2.78. The summed E-state index contributed by atoms with van der Waals surface area (Å²) in [6.45, 7) is 0.870. The van der Waals surface area contributed by atoms with Gasteiger partial charge in [-0.2, -0.15) is 0 Å². The van der Waals surface area contributed by atoms with Crippen LogP contribution in [0.1, 0.15) is 38.6 Å². The Bertz CT molecular complexity index is 1070. The number of likely N-dealkylation sites (tertiary alicyclic amines) is 1. The van der Waals surface area contributed by atoms with Crippen molar-refractivity contribution in [2.24, 2.45) is 0 Å². The van der Waals surface area contributed by atoms with Crippen LogP contribution in [0.3, 0.4) is 0 Å². The molecule has 0 aliphatic carbocycles. The van der Waals surface area contributed by atoms with Gasteiger partial charge >= 0.3 is 0 Å². The topological polar surface area (TPSA) is 87.7 Å². The summed E-state index contributed by atoms with van der Waals surface area (Å²) < 4.78 is 38.6. The number of nitrogens with zero attached hydrogens (tertiary/aromatic N) is 3. The number of aromatic nitrogens is 1. The Morgan fingerprint density at radius 3 is 2.78 bits per heavy atom. The maximum absolute atomic E-state index is 13.4. The van der Waals surface area contributed by atoms with E-state index in [1.165, 1.54) is 31.3 Å². The number of hydrogen-bond acceptors (Lipinski definition) is 5. The summed E-state index contributed by atoms with van der Waals surface area (Å²) in [6.07, 6.45) is 3.39. The predicted octanol–water partition coefficient (Wildman–Crippen LogP) is 1.62. The molecule has 0 radical (unpaired) electrons. The van der Waals surface area contributed by atoms with Crippen molar-refractivity contribution in [2.75, 3.05) is 20.1 Å². The van der Waals surface area contributed by atoms with E-state index in [-0.39, 0.29) is 27.8 Å². The van der Waals surface area contributed by atoms with Crippen LogP contribution in [0.25, 0.3) is 0 Å². The Hall–Kier alpha value is -2.81. The minimum absolute atomic E-state index is 0.0250. The van der Waals surface area contributed by atoms with Crippen molar-refractivity contribution in [1.29, 1.82) is 0 Å². The number of pyridine rings is 1. The zero-order chi connectivity index (χ0) is 19.3.